The molecule has 5 rings (SSSR count). The second-order valence-corrected chi connectivity index (χ2v) is 14.1. The lowest BCUT2D eigenvalue weighted by Gasteiger charge is -2.40. The maximum absolute atomic E-state index is 15.2. The topological polar surface area (TPSA) is 123 Å². The van der Waals surface area contributed by atoms with Gasteiger partial charge in [-0.15, -0.1) is 0 Å². The first-order valence-corrected chi connectivity index (χ1v) is 17.0. The highest BCUT2D eigenvalue weighted by atomic mass is 19.1. The summed E-state index contributed by atoms with van der Waals surface area (Å²) in [7, 11) is 0. The number of nitrogens with zero attached hydrogens (tertiary/aromatic N) is 4. The molecule has 270 valence electrons. The summed E-state index contributed by atoms with van der Waals surface area (Å²) < 4.78 is 48.1. The molecule has 11 nitrogen and oxygen atoms in total. The maximum Gasteiger partial charge on any atom is 0.410 e. The van der Waals surface area contributed by atoms with Crippen LogP contribution in [-0.4, -0.2) is 93.1 Å². The Kier molecular flexibility index (Phi) is 11.6. The monoisotopic (exact) mass is 696 g/mol. The summed E-state index contributed by atoms with van der Waals surface area (Å²) in [6, 6.07) is 11.9. The van der Waals surface area contributed by atoms with Crippen LogP contribution in [0, 0.1) is 23.5 Å². The minimum Gasteiger partial charge on any atom is -0.453 e. The molecule has 1 N–H and O–H groups in total. The molecule has 50 heavy (non-hydrogen) atoms. The molecule has 2 fully saturated rings. The molecule has 0 spiro atoms. The largest absolute Gasteiger partial charge is 0.453 e. The molecular weight excluding hydrogens is 650 g/mol. The Morgan fingerprint density at radius 2 is 1.78 bits per heavy atom. The molecule has 0 saturated carbocycles. The number of hydrogen-bond donors (Lipinski definition) is 1. The van der Waals surface area contributed by atoms with Crippen LogP contribution in [0.5, 0.6) is 0 Å². The van der Waals surface area contributed by atoms with Crippen molar-refractivity contribution in [2.45, 2.75) is 77.9 Å². The lowest BCUT2D eigenvalue weighted by atomic mass is 9.88. The highest BCUT2D eigenvalue weighted by molar-refractivity contribution is 5.83. The van der Waals surface area contributed by atoms with Gasteiger partial charge in [0.05, 0.1) is 24.4 Å². The van der Waals surface area contributed by atoms with Crippen molar-refractivity contribution in [3.8, 4) is 11.3 Å². The van der Waals surface area contributed by atoms with Crippen LogP contribution in [0.25, 0.3) is 11.3 Å². The van der Waals surface area contributed by atoms with E-state index in [9.17, 15) is 23.9 Å². The molecule has 0 aliphatic carbocycles. The van der Waals surface area contributed by atoms with Crippen LogP contribution < -0.4 is 0 Å². The number of halogens is 2. The number of aliphatic hydroxyl groups is 1. The smallest absolute Gasteiger partial charge is 0.410 e. The number of amides is 2. The minimum atomic E-state index is -1.19. The van der Waals surface area contributed by atoms with Crippen molar-refractivity contribution in [3.63, 3.8) is 0 Å². The standard InChI is InChI=1S/C37H46F2N4O7/c1-23(49-24(2)44)35(46)43(20-27-19-42(22-32(27)45)36(47)50-37(3,4)5)33(26-13-15-48-16-14-26)34-40-31(29-17-28(38)11-12-30(29)39)21-41(34)18-25-9-7-6-8-10-25/h6-12,17,21,23,26-27,32-33,45H,13-16,18-20,22H2,1-5H3/t23-,27?,32?,33?/m0/s1. The van der Waals surface area contributed by atoms with E-state index in [0.29, 0.717) is 38.4 Å². The number of aromatic nitrogens is 2. The van der Waals surface area contributed by atoms with Gasteiger partial charge in [0.1, 0.15) is 23.1 Å². The normalized spacial score (nSPS) is 19.6. The average molecular weight is 697 g/mol. The van der Waals surface area contributed by atoms with Gasteiger partial charge in [0.25, 0.3) is 5.91 Å². The molecule has 3 heterocycles. The fourth-order valence-electron chi connectivity index (χ4n) is 6.67. The molecule has 4 atom stereocenters. The number of imidazole rings is 1. The van der Waals surface area contributed by atoms with Gasteiger partial charge in [-0.05, 0) is 70.2 Å². The molecule has 2 aromatic carbocycles. The molecule has 3 aromatic rings. The number of ether oxygens (including phenoxy) is 3. The van der Waals surface area contributed by atoms with Crippen molar-refractivity contribution in [3.05, 3.63) is 77.8 Å². The summed E-state index contributed by atoms with van der Waals surface area (Å²) in [5.74, 6) is -2.82. The SMILES string of the molecule is CC(=O)O[C@@H](C)C(=O)N(CC1CN(C(=O)OC(C)(C)C)CC1O)C(c1nc(-c2cc(F)ccc2F)cn1Cc1ccccc1)C1CCOCC1. The first-order chi connectivity index (χ1) is 23.7. The molecule has 13 heteroatoms. The number of hydrogen-bond acceptors (Lipinski definition) is 8. The van der Waals surface area contributed by atoms with Crippen molar-refractivity contribution in [1.29, 1.82) is 0 Å². The predicted octanol–water partition coefficient (Wildman–Crippen LogP) is 5.35. The van der Waals surface area contributed by atoms with Gasteiger partial charge in [0.15, 0.2) is 6.10 Å². The van der Waals surface area contributed by atoms with Crippen molar-refractivity contribution in [2.75, 3.05) is 32.8 Å². The van der Waals surface area contributed by atoms with Crippen LogP contribution in [0.2, 0.25) is 0 Å². The van der Waals surface area contributed by atoms with E-state index in [0.717, 1.165) is 23.8 Å². The van der Waals surface area contributed by atoms with Crippen LogP contribution in [0.15, 0.2) is 54.7 Å². The van der Waals surface area contributed by atoms with Gasteiger partial charge >= 0.3 is 12.1 Å². The number of carbonyl (C=O) groups is 3. The predicted molar refractivity (Wildman–Crippen MR) is 180 cm³/mol. The second-order valence-electron chi connectivity index (χ2n) is 14.1. The second kappa shape index (κ2) is 15.7. The molecule has 2 aliphatic heterocycles. The van der Waals surface area contributed by atoms with E-state index < -0.39 is 59.4 Å². The van der Waals surface area contributed by atoms with Gasteiger partial charge in [0.2, 0.25) is 0 Å². The third-order valence-electron chi connectivity index (χ3n) is 8.98. The number of esters is 1. The molecule has 2 aliphatic rings. The first kappa shape index (κ1) is 36.9. The minimum absolute atomic E-state index is 0.00861. The summed E-state index contributed by atoms with van der Waals surface area (Å²) in [4.78, 5) is 47.4. The lowest BCUT2D eigenvalue weighted by Crippen LogP contribution is -2.49. The Morgan fingerprint density at radius 1 is 1.08 bits per heavy atom. The van der Waals surface area contributed by atoms with E-state index in [1.165, 1.54) is 18.7 Å². The Bertz CT molecular complexity index is 1650. The fraction of sp³-hybridized carbons (Fsp3) is 0.514. The molecule has 0 bridgehead atoms. The highest BCUT2D eigenvalue weighted by Gasteiger charge is 2.44. The third-order valence-corrected chi connectivity index (χ3v) is 8.98. The molecular formula is C37H46F2N4O7. The van der Waals surface area contributed by atoms with Crippen LogP contribution in [0.4, 0.5) is 13.6 Å². The summed E-state index contributed by atoms with van der Waals surface area (Å²) in [6.45, 7) is 9.22. The first-order valence-electron chi connectivity index (χ1n) is 17.0. The zero-order chi connectivity index (χ0) is 36.2. The van der Waals surface area contributed by atoms with Crippen LogP contribution >= 0.6 is 0 Å². The molecule has 0 radical (unpaired) electrons. The van der Waals surface area contributed by atoms with Gasteiger partial charge < -0.3 is 33.7 Å². The van der Waals surface area contributed by atoms with Gasteiger partial charge in [-0.3, -0.25) is 9.59 Å². The third kappa shape index (κ3) is 9.05. The average Bonchev–Trinajstić information content (AvgIpc) is 3.64. The summed E-state index contributed by atoms with van der Waals surface area (Å²) in [6.07, 6.45) is 0.00205. The number of β-amino-alcohol motifs (C(OH)–C–C–N with tert-alkyl or cyclic N) is 1. The summed E-state index contributed by atoms with van der Waals surface area (Å²) in [5, 5.41) is 11.3. The van der Waals surface area contributed by atoms with Crippen LogP contribution in [-0.2, 0) is 30.3 Å². The van der Waals surface area contributed by atoms with Gasteiger partial charge in [-0.1, -0.05) is 30.3 Å². The quantitative estimate of drug-likeness (QED) is 0.282. The summed E-state index contributed by atoms with van der Waals surface area (Å²) in [5.41, 5.74) is 0.315. The number of benzene rings is 2. The molecule has 3 unspecified atom stereocenters. The molecule has 1 aromatic heterocycles. The number of carbonyl (C=O) groups excluding carboxylic acids is 3. The Morgan fingerprint density at radius 3 is 2.44 bits per heavy atom. The number of aliphatic hydroxyl groups excluding tert-OH is 1. The van der Waals surface area contributed by atoms with Crippen molar-refractivity contribution >= 4 is 18.0 Å². The highest BCUT2D eigenvalue weighted by Crippen LogP contribution is 2.39. The van der Waals surface area contributed by atoms with Crippen molar-refractivity contribution in [2.24, 2.45) is 11.8 Å². The zero-order valence-electron chi connectivity index (χ0n) is 29.2. The Labute approximate surface area is 291 Å². The van der Waals surface area contributed by atoms with Crippen LogP contribution in [0.1, 0.15) is 64.9 Å². The van der Waals surface area contributed by atoms with Gasteiger partial charge in [0, 0.05) is 57.4 Å². The molecule has 2 saturated heterocycles. The van der Waals surface area contributed by atoms with E-state index in [2.05, 4.69) is 0 Å². The van der Waals surface area contributed by atoms with Crippen LogP contribution in [0.3, 0.4) is 0 Å². The van der Waals surface area contributed by atoms with E-state index in [1.54, 1.807) is 31.9 Å². The Balaban J connectivity index is 1.62. The van der Waals surface area contributed by atoms with E-state index in [-0.39, 0.29) is 36.8 Å². The van der Waals surface area contributed by atoms with Crippen molar-refractivity contribution < 1.29 is 42.5 Å². The van der Waals surface area contributed by atoms with Gasteiger partial charge in [-0.2, -0.15) is 0 Å². The molecule has 2 amide bonds. The zero-order valence-corrected chi connectivity index (χ0v) is 29.2. The van der Waals surface area contributed by atoms with E-state index in [4.69, 9.17) is 19.2 Å². The fourth-order valence-corrected chi connectivity index (χ4v) is 6.67. The number of rotatable bonds is 10. The maximum atomic E-state index is 15.2. The van der Waals surface area contributed by atoms with E-state index in [1.807, 2.05) is 34.9 Å². The summed E-state index contributed by atoms with van der Waals surface area (Å²) >= 11 is 0. The van der Waals surface area contributed by atoms with E-state index >= 15 is 4.39 Å². The number of likely N-dealkylation sites (tertiary alicyclic amines) is 1. The Hall–Kier alpha value is -4.36. The van der Waals surface area contributed by atoms with Crippen molar-refractivity contribution in [1.82, 2.24) is 19.4 Å². The van der Waals surface area contributed by atoms with Gasteiger partial charge in [-0.25, -0.2) is 18.6 Å². The lowest BCUT2D eigenvalue weighted by molar-refractivity contribution is -0.160.